The number of aliphatic hydroxyl groups excluding tert-OH is 1. The topological polar surface area (TPSA) is 389 Å². The standard InChI is InChI=1S/C61H74N8O19S/c1-8-44(73)67-28-68(45(74)9-2)30-69(29-67)46(75)19-21-89-27-43(72)66-52(31(3)4)40(71)22-35(12-11-20-63-59(62)82)58(81)64-36-17-15-34(16-18-36)26-86-60(83)65-39-23-47(87-32(5)53(39)76)88-42-25-61(84,33(6)70)24-38-49(42)57(80)51-50(55(38)78)54(77)37-13-10-14-41(85-7)48(37)56(51)79/h8-10,13-18,31-32,35,39,42,47,52-53,76,78,80,84H,1-2,11-12,19-30H2,3-7H3,(H,64,81)(H,65,83)(H,66,72)(H3,62,63,82)/t32-,35+,39-,42?,47-,52-,53+,61-/m0/s1. The zero-order valence-corrected chi connectivity index (χ0v) is 50.7. The number of benzene rings is 3. The fourth-order valence-electron chi connectivity index (χ4n) is 11.1. The normalized spacial score (nSPS) is 21.0. The van der Waals surface area contributed by atoms with Crippen LogP contribution in [0.25, 0.3) is 0 Å². The number of methoxy groups -OCH3 is 1. The van der Waals surface area contributed by atoms with Crippen molar-refractivity contribution in [1.29, 1.82) is 0 Å². The summed E-state index contributed by atoms with van der Waals surface area (Å²) in [5.74, 6) is -7.82. The van der Waals surface area contributed by atoms with Crippen molar-refractivity contribution in [2.24, 2.45) is 17.6 Å². The van der Waals surface area contributed by atoms with Crippen LogP contribution in [0.5, 0.6) is 17.2 Å². The third-order valence-corrected chi connectivity index (χ3v) is 16.8. The van der Waals surface area contributed by atoms with Gasteiger partial charge in [-0.25, -0.2) is 9.59 Å². The third-order valence-electron chi connectivity index (χ3n) is 15.9. The van der Waals surface area contributed by atoms with Crippen LogP contribution in [0, 0.1) is 11.8 Å². The van der Waals surface area contributed by atoms with Crippen LogP contribution in [-0.4, -0.2) is 181 Å². The number of nitrogens with zero attached hydrogens (tertiary/aromatic N) is 3. The number of carbonyl (C=O) groups is 11. The minimum absolute atomic E-state index is 0.0229. The lowest BCUT2D eigenvalue weighted by molar-refractivity contribution is -0.249. The third kappa shape index (κ3) is 16.0. The quantitative estimate of drug-likeness (QED) is 0.0262. The lowest BCUT2D eigenvalue weighted by Gasteiger charge is -2.42. The maximum atomic E-state index is 14.1. The number of hydrogen-bond donors (Lipinski definition) is 9. The van der Waals surface area contributed by atoms with Crippen LogP contribution in [0.4, 0.5) is 15.3 Å². The molecule has 3 aromatic carbocycles. The molecule has 0 spiro atoms. The highest BCUT2D eigenvalue weighted by Crippen LogP contribution is 2.52. The number of phenols is 2. The van der Waals surface area contributed by atoms with Crippen molar-refractivity contribution in [2.75, 3.05) is 50.5 Å². The summed E-state index contributed by atoms with van der Waals surface area (Å²) in [5.41, 5.74) is 2.12. The highest BCUT2D eigenvalue weighted by atomic mass is 32.2. The minimum Gasteiger partial charge on any atom is -0.507 e. The van der Waals surface area contributed by atoms with Gasteiger partial charge in [0.1, 0.15) is 35.6 Å². The van der Waals surface area contributed by atoms with Gasteiger partial charge >= 0.3 is 12.1 Å². The van der Waals surface area contributed by atoms with Gasteiger partial charge in [-0.15, -0.1) is 0 Å². The fraction of sp³-hybridized carbons (Fsp3) is 0.459. The molecular weight excluding hydrogens is 1180 g/mol. The molecule has 27 nitrogen and oxygen atoms in total. The van der Waals surface area contributed by atoms with Crippen LogP contribution in [0.2, 0.25) is 0 Å². The first kappa shape index (κ1) is 67.8. The Kier molecular flexibility index (Phi) is 22.5. The number of rotatable bonds is 25. The Morgan fingerprint density at radius 1 is 0.910 bits per heavy atom. The van der Waals surface area contributed by atoms with E-state index in [9.17, 15) is 73.2 Å². The Morgan fingerprint density at radius 2 is 1.56 bits per heavy atom. The summed E-state index contributed by atoms with van der Waals surface area (Å²) in [6, 6.07) is 7.63. The molecule has 0 saturated carbocycles. The van der Waals surface area contributed by atoms with E-state index in [4.69, 9.17) is 24.7 Å². The highest BCUT2D eigenvalue weighted by Gasteiger charge is 2.50. The lowest BCUT2D eigenvalue weighted by Crippen LogP contribution is -2.59. The minimum atomic E-state index is -2.19. The Morgan fingerprint density at radius 3 is 2.18 bits per heavy atom. The lowest BCUT2D eigenvalue weighted by atomic mass is 9.72. The molecule has 1 unspecified atom stereocenters. The van der Waals surface area contributed by atoms with Crippen molar-refractivity contribution in [3.05, 3.63) is 107 Å². The Hall–Kier alpha value is -8.70. The highest BCUT2D eigenvalue weighted by molar-refractivity contribution is 7.99. The van der Waals surface area contributed by atoms with Gasteiger partial charge in [0, 0.05) is 72.7 Å². The van der Waals surface area contributed by atoms with E-state index in [1.54, 1.807) is 26.0 Å². The van der Waals surface area contributed by atoms with Gasteiger partial charge < -0.3 is 81.1 Å². The molecule has 28 heteroatoms. The van der Waals surface area contributed by atoms with Crippen LogP contribution < -0.4 is 31.7 Å². The number of ketones is 4. The molecule has 2 fully saturated rings. The second kappa shape index (κ2) is 29.5. The molecule has 0 radical (unpaired) electrons. The van der Waals surface area contributed by atoms with E-state index in [-0.39, 0.29) is 111 Å². The molecule has 478 valence electrons. The first-order valence-corrected chi connectivity index (χ1v) is 29.8. The monoisotopic (exact) mass is 1250 g/mol. The van der Waals surface area contributed by atoms with Gasteiger partial charge in [-0.2, -0.15) is 11.8 Å². The van der Waals surface area contributed by atoms with Crippen LogP contribution in [0.1, 0.15) is 121 Å². The summed E-state index contributed by atoms with van der Waals surface area (Å²) in [4.78, 5) is 148. The van der Waals surface area contributed by atoms with Crippen molar-refractivity contribution in [2.45, 2.75) is 122 Å². The molecule has 2 aliphatic carbocycles. The zero-order valence-electron chi connectivity index (χ0n) is 49.9. The van der Waals surface area contributed by atoms with Crippen molar-refractivity contribution < 1.29 is 92.1 Å². The van der Waals surface area contributed by atoms with E-state index in [1.807, 2.05) is 0 Å². The molecule has 7 rings (SSSR count). The Bertz CT molecular complexity index is 3280. The molecule has 8 amide bonds. The smallest absolute Gasteiger partial charge is 0.407 e. The van der Waals surface area contributed by atoms with Crippen LogP contribution in [0.3, 0.4) is 0 Å². The summed E-state index contributed by atoms with van der Waals surface area (Å²) >= 11 is 1.14. The average Bonchev–Trinajstić information content (AvgIpc) is 0.718. The van der Waals surface area contributed by atoms with Gasteiger partial charge in [-0.05, 0) is 68.5 Å². The van der Waals surface area contributed by atoms with E-state index in [1.165, 1.54) is 59.1 Å². The number of thioether (sulfide) groups is 1. The Labute approximate surface area is 516 Å². The number of nitrogens with two attached hydrogens (primary N) is 1. The number of ether oxygens (including phenoxy) is 4. The molecule has 4 aliphatic rings. The molecule has 0 aromatic heterocycles. The number of nitrogens with one attached hydrogen (secondary N) is 4. The number of amides is 8. The maximum absolute atomic E-state index is 14.1. The molecule has 10 N–H and O–H groups in total. The second-order valence-electron chi connectivity index (χ2n) is 22.4. The molecule has 3 aromatic rings. The summed E-state index contributed by atoms with van der Waals surface area (Å²) in [6.45, 7) is 12.7. The molecule has 0 bridgehead atoms. The van der Waals surface area contributed by atoms with Gasteiger partial charge in [0.2, 0.25) is 35.3 Å². The van der Waals surface area contributed by atoms with E-state index in [0.29, 0.717) is 11.3 Å². The van der Waals surface area contributed by atoms with Crippen molar-refractivity contribution in [3.8, 4) is 17.2 Å². The number of anilines is 1. The molecule has 2 heterocycles. The molecular formula is C61H74N8O19S. The van der Waals surface area contributed by atoms with Crippen molar-refractivity contribution in [3.63, 3.8) is 0 Å². The number of Topliss-reactive ketones (excluding diaryl/α,β-unsaturated/α-hetero) is 2. The maximum Gasteiger partial charge on any atom is 0.407 e. The number of primary amides is 1. The number of urea groups is 1. The number of hydrogen-bond acceptors (Lipinski definition) is 20. The van der Waals surface area contributed by atoms with Gasteiger partial charge in [0.15, 0.2) is 23.6 Å². The van der Waals surface area contributed by atoms with Crippen molar-refractivity contribution in [1.82, 2.24) is 30.7 Å². The largest absolute Gasteiger partial charge is 0.507 e. The number of aliphatic hydroxyl groups is 2. The number of aromatic hydroxyl groups is 2. The van der Waals surface area contributed by atoms with E-state index in [2.05, 4.69) is 34.4 Å². The van der Waals surface area contributed by atoms with E-state index in [0.717, 1.165) is 30.8 Å². The van der Waals surface area contributed by atoms with Gasteiger partial charge in [-0.3, -0.25) is 43.2 Å². The van der Waals surface area contributed by atoms with Crippen LogP contribution >= 0.6 is 11.8 Å². The van der Waals surface area contributed by atoms with E-state index >= 15 is 0 Å². The number of carbonyl (C=O) groups excluding carboxylic acids is 11. The first-order chi connectivity index (χ1) is 42.2. The first-order valence-electron chi connectivity index (χ1n) is 28.7. The van der Waals surface area contributed by atoms with Gasteiger partial charge in [0.05, 0.1) is 73.9 Å². The summed E-state index contributed by atoms with van der Waals surface area (Å²) in [5, 5.41) is 57.1. The van der Waals surface area contributed by atoms with Crippen molar-refractivity contribution >= 4 is 82.2 Å². The SMILES string of the molecule is C=CC(=O)N1CN(C(=O)C=C)CN(C(=O)CCSCC(=O)N[C@H](C(=O)C[C@@H](CCCNC(N)=O)C(=O)Nc2ccc(COC(=O)N[C@H]3C[C@H](OC4C[C@](O)(C(C)=O)Cc5c(O)c6c(c(O)c54)C(=O)c4c(OC)cccc4C6=O)O[C@@H](C)[C@H]3O)cc2)C(C)C)C1. The summed E-state index contributed by atoms with van der Waals surface area (Å²) in [6.07, 6.45) is -5.15. The van der Waals surface area contributed by atoms with Crippen LogP contribution in [-0.2, 0) is 60.8 Å². The average molecular weight is 1260 g/mol. The molecule has 2 aliphatic heterocycles. The van der Waals surface area contributed by atoms with Crippen LogP contribution in [0.15, 0.2) is 67.8 Å². The zero-order chi connectivity index (χ0) is 65.2. The molecule has 2 saturated heterocycles. The van der Waals surface area contributed by atoms with E-state index < -0.39 is 148 Å². The second-order valence-corrected chi connectivity index (χ2v) is 23.5. The Balaban J connectivity index is 0.934. The molecule has 89 heavy (non-hydrogen) atoms. The number of alkyl carbamates (subject to hydrolysis) is 1. The fourth-order valence-corrected chi connectivity index (χ4v) is 11.8. The summed E-state index contributed by atoms with van der Waals surface area (Å²) < 4.78 is 23.1. The number of phenolic OH excluding ortho intramolecular Hbond substituents is 2. The predicted molar refractivity (Wildman–Crippen MR) is 319 cm³/mol. The number of fused-ring (bicyclic) bond motifs is 3. The summed E-state index contributed by atoms with van der Waals surface area (Å²) in [7, 11) is 1.30. The predicted octanol–water partition coefficient (Wildman–Crippen LogP) is 2.97. The van der Waals surface area contributed by atoms with Gasteiger partial charge in [-0.1, -0.05) is 51.3 Å². The molecule has 8 atom stereocenters. The van der Waals surface area contributed by atoms with Gasteiger partial charge in [0.25, 0.3) is 0 Å².